The largest absolute Gasteiger partial charge is 0.480 e. The number of aliphatic carboxylic acids is 1. The van der Waals surface area contributed by atoms with Gasteiger partial charge in [0.2, 0.25) is 0 Å². The van der Waals surface area contributed by atoms with Crippen molar-refractivity contribution in [3.63, 3.8) is 0 Å². The van der Waals surface area contributed by atoms with E-state index in [0.29, 0.717) is 13.0 Å². The van der Waals surface area contributed by atoms with Crippen LogP contribution in [-0.2, 0) is 32.7 Å². The fraction of sp³-hybridized carbons (Fsp3) is 0.667. The van der Waals surface area contributed by atoms with Crippen LogP contribution in [0.3, 0.4) is 0 Å². The van der Waals surface area contributed by atoms with Gasteiger partial charge in [-0.25, -0.2) is 4.57 Å². The van der Waals surface area contributed by atoms with Crippen molar-refractivity contribution in [3.8, 4) is 0 Å². The van der Waals surface area contributed by atoms with Crippen molar-refractivity contribution in [1.82, 2.24) is 0 Å². The molecule has 0 aromatic rings. The molecule has 3 atom stereocenters. The van der Waals surface area contributed by atoms with E-state index in [-0.39, 0.29) is 13.0 Å². The van der Waals surface area contributed by atoms with Crippen molar-refractivity contribution in [2.75, 3.05) is 26.4 Å². The van der Waals surface area contributed by atoms with Crippen LogP contribution < -0.4 is 5.73 Å². The molecule has 3 unspecified atom stereocenters. The predicted molar refractivity (Wildman–Crippen MR) is 272 cm³/mol. The van der Waals surface area contributed by atoms with Crippen molar-refractivity contribution in [3.05, 3.63) is 97.2 Å². The molecule has 65 heavy (non-hydrogen) atoms. The lowest BCUT2D eigenvalue weighted by atomic mass is 10.1. The van der Waals surface area contributed by atoms with Gasteiger partial charge in [-0.05, 0) is 89.9 Å². The number of carbonyl (C=O) groups is 2. The first-order chi connectivity index (χ1) is 31.7. The number of phosphoric ester groups is 1. The van der Waals surface area contributed by atoms with Gasteiger partial charge in [-0.15, -0.1) is 0 Å². The molecular formula is C54H92NO9P. The van der Waals surface area contributed by atoms with E-state index in [0.717, 1.165) is 103 Å². The van der Waals surface area contributed by atoms with E-state index in [1.54, 1.807) is 0 Å². The van der Waals surface area contributed by atoms with Crippen LogP contribution in [0.2, 0.25) is 0 Å². The maximum atomic E-state index is 12.7. The summed E-state index contributed by atoms with van der Waals surface area (Å²) in [5.74, 6) is -1.79. The second-order valence-corrected chi connectivity index (χ2v) is 18.0. The molecule has 0 spiro atoms. The monoisotopic (exact) mass is 930 g/mol. The van der Waals surface area contributed by atoms with Gasteiger partial charge < -0.3 is 25.2 Å². The molecule has 0 aliphatic heterocycles. The number of rotatable bonds is 47. The van der Waals surface area contributed by atoms with Crippen molar-refractivity contribution in [2.24, 2.45) is 5.73 Å². The highest BCUT2D eigenvalue weighted by molar-refractivity contribution is 7.47. The van der Waals surface area contributed by atoms with Gasteiger partial charge in [0, 0.05) is 13.0 Å². The molecule has 0 rings (SSSR count). The first-order valence-corrected chi connectivity index (χ1v) is 26.8. The first-order valence-electron chi connectivity index (χ1n) is 25.3. The van der Waals surface area contributed by atoms with Crippen molar-refractivity contribution < 1.29 is 42.7 Å². The molecule has 0 bridgehead atoms. The topological polar surface area (TPSA) is 155 Å². The van der Waals surface area contributed by atoms with Crippen LogP contribution in [0.4, 0.5) is 0 Å². The van der Waals surface area contributed by atoms with Gasteiger partial charge in [0.1, 0.15) is 12.1 Å². The number of hydrogen-bond donors (Lipinski definition) is 3. The highest BCUT2D eigenvalue weighted by atomic mass is 31.2. The first kappa shape index (κ1) is 61.9. The number of nitrogens with two attached hydrogens (primary N) is 1. The molecule has 0 saturated heterocycles. The Morgan fingerprint density at radius 2 is 0.846 bits per heavy atom. The Kier molecular flexibility index (Phi) is 46.5. The number of carboxylic acids is 1. The van der Waals surface area contributed by atoms with Gasteiger partial charge in [0.25, 0.3) is 0 Å². The highest BCUT2D eigenvalue weighted by Gasteiger charge is 2.27. The number of ether oxygens (including phenoxy) is 2. The van der Waals surface area contributed by atoms with E-state index in [9.17, 15) is 19.0 Å². The zero-order chi connectivity index (χ0) is 47.6. The third kappa shape index (κ3) is 48.6. The molecule has 0 fully saturated rings. The Bertz CT molecular complexity index is 1400. The maximum absolute atomic E-state index is 12.7. The molecule has 0 heterocycles. The summed E-state index contributed by atoms with van der Waals surface area (Å²) in [4.78, 5) is 33.7. The Hall–Kier alpha value is -3.11. The minimum absolute atomic E-state index is 0.00355. The average Bonchev–Trinajstić information content (AvgIpc) is 3.29. The second kappa shape index (κ2) is 48.8. The zero-order valence-electron chi connectivity index (χ0n) is 40.8. The van der Waals surface area contributed by atoms with Crippen LogP contribution in [-0.4, -0.2) is 60.5 Å². The summed E-state index contributed by atoms with van der Waals surface area (Å²) < 4.78 is 33.5. The SMILES string of the molecule is CC/C=C\C/C=C\C/C=C\C/C=C\CCCCCCCCCCCOCC(COP(=O)(O)OCC(N)C(=O)O)OC(=O)CCCCCCCCCC/C=C\C/C=C\C/C=C\C/C=C\CC. The molecule has 0 radical (unpaired) electrons. The van der Waals surface area contributed by atoms with Crippen LogP contribution in [0.1, 0.15) is 194 Å². The number of phosphoric acid groups is 1. The van der Waals surface area contributed by atoms with Crippen LogP contribution >= 0.6 is 7.82 Å². The lowest BCUT2D eigenvalue weighted by Gasteiger charge is -2.20. The summed E-state index contributed by atoms with van der Waals surface area (Å²) in [7, 11) is -4.63. The van der Waals surface area contributed by atoms with E-state index in [2.05, 4.69) is 111 Å². The summed E-state index contributed by atoms with van der Waals surface area (Å²) >= 11 is 0. The normalized spacial score (nSPS) is 14.5. The highest BCUT2D eigenvalue weighted by Crippen LogP contribution is 2.43. The third-order valence-electron chi connectivity index (χ3n) is 10.4. The third-order valence-corrected chi connectivity index (χ3v) is 11.3. The lowest BCUT2D eigenvalue weighted by Crippen LogP contribution is -2.34. The van der Waals surface area contributed by atoms with E-state index in [1.165, 1.54) is 64.2 Å². The Balaban J connectivity index is 4.20. The van der Waals surface area contributed by atoms with Gasteiger partial charge in [-0.3, -0.25) is 18.6 Å². The number of carbonyl (C=O) groups excluding carboxylic acids is 1. The minimum Gasteiger partial charge on any atom is -0.480 e. The molecule has 0 aliphatic rings. The molecule has 372 valence electrons. The van der Waals surface area contributed by atoms with Crippen LogP contribution in [0.25, 0.3) is 0 Å². The standard InChI is InChI=1S/C54H92NO9P/c1-3-5-7-9-11-13-15-17-19-21-23-25-27-29-31-33-35-37-39-41-43-45-47-61-48-51(49-62-65(59,60)63-50-52(55)54(57)58)64-53(56)46-44-42-40-38-36-34-32-30-28-26-24-22-20-18-16-14-12-10-8-6-4-2/h5-8,11-14,17-20,23-26,51-52H,3-4,9-10,15-16,21-22,27-50,55H2,1-2H3,(H,57,58)(H,59,60)/b7-5-,8-6-,13-11-,14-12-,19-17-,20-18-,25-23-,26-24-. The fourth-order valence-corrected chi connectivity index (χ4v) is 7.31. The lowest BCUT2D eigenvalue weighted by molar-refractivity contribution is -0.154. The minimum atomic E-state index is -4.63. The number of allylic oxidation sites excluding steroid dienone is 16. The summed E-state index contributed by atoms with van der Waals surface area (Å²) in [6, 6.07) is -1.48. The molecule has 0 aliphatic carbocycles. The molecule has 0 aromatic carbocycles. The molecule has 0 aromatic heterocycles. The van der Waals surface area contributed by atoms with Crippen molar-refractivity contribution >= 4 is 19.8 Å². The zero-order valence-corrected chi connectivity index (χ0v) is 41.7. The van der Waals surface area contributed by atoms with Crippen molar-refractivity contribution in [1.29, 1.82) is 0 Å². The number of esters is 1. The Morgan fingerprint density at radius 3 is 1.26 bits per heavy atom. The van der Waals surface area contributed by atoms with Gasteiger partial charge in [0.05, 0.1) is 19.8 Å². The molecule has 11 heteroatoms. The van der Waals surface area contributed by atoms with E-state index < -0.39 is 45.1 Å². The molecule has 0 saturated carbocycles. The summed E-state index contributed by atoms with van der Waals surface area (Å²) in [5.41, 5.74) is 5.37. The summed E-state index contributed by atoms with van der Waals surface area (Å²) in [5, 5.41) is 8.93. The predicted octanol–water partition coefficient (Wildman–Crippen LogP) is 14.9. The Morgan fingerprint density at radius 1 is 0.492 bits per heavy atom. The van der Waals surface area contributed by atoms with E-state index in [1.807, 2.05) is 0 Å². The second-order valence-electron chi connectivity index (χ2n) is 16.5. The smallest absolute Gasteiger partial charge is 0.472 e. The number of hydrogen-bond acceptors (Lipinski definition) is 8. The number of unbranched alkanes of at least 4 members (excludes halogenated alkanes) is 17. The van der Waals surface area contributed by atoms with Gasteiger partial charge in [-0.2, -0.15) is 0 Å². The molecule has 10 nitrogen and oxygen atoms in total. The van der Waals surface area contributed by atoms with Gasteiger partial charge >= 0.3 is 19.8 Å². The van der Waals surface area contributed by atoms with Crippen LogP contribution in [0, 0.1) is 0 Å². The maximum Gasteiger partial charge on any atom is 0.472 e. The summed E-state index contributed by atoms with van der Waals surface area (Å²) in [6.45, 7) is 3.63. The average molecular weight is 930 g/mol. The van der Waals surface area contributed by atoms with Crippen LogP contribution in [0.5, 0.6) is 0 Å². The molecule has 0 amide bonds. The fourth-order valence-electron chi connectivity index (χ4n) is 6.53. The molecular weight excluding hydrogens is 838 g/mol. The number of carboxylic acid groups (broad SMARTS) is 1. The van der Waals surface area contributed by atoms with E-state index >= 15 is 0 Å². The van der Waals surface area contributed by atoms with Gasteiger partial charge in [-0.1, -0.05) is 195 Å². The summed E-state index contributed by atoms with van der Waals surface area (Å²) in [6.07, 6.45) is 64.6. The van der Waals surface area contributed by atoms with Crippen LogP contribution in [0.15, 0.2) is 97.2 Å². The van der Waals surface area contributed by atoms with E-state index in [4.69, 9.17) is 29.4 Å². The van der Waals surface area contributed by atoms with Gasteiger partial charge in [0.15, 0.2) is 0 Å². The quantitative estimate of drug-likeness (QED) is 0.0232. The molecule has 4 N–H and O–H groups in total. The van der Waals surface area contributed by atoms with Crippen molar-refractivity contribution in [2.45, 2.75) is 206 Å². The Labute approximate surface area is 396 Å².